The molecule has 1 aromatic rings. The van der Waals surface area contributed by atoms with Gasteiger partial charge in [-0.05, 0) is 6.42 Å². The summed E-state index contributed by atoms with van der Waals surface area (Å²) in [5, 5.41) is 12.2. The molecular weight excluding hydrogens is 172 g/mol. The highest BCUT2D eigenvalue weighted by Crippen LogP contribution is 2.17. The van der Waals surface area contributed by atoms with Crippen LogP contribution in [0.2, 0.25) is 0 Å². The molecule has 5 nitrogen and oxygen atoms in total. The van der Waals surface area contributed by atoms with E-state index in [0.29, 0.717) is 24.4 Å². The van der Waals surface area contributed by atoms with Crippen LogP contribution in [0.1, 0.15) is 24.6 Å². The lowest BCUT2D eigenvalue weighted by molar-refractivity contribution is -0.136. The van der Waals surface area contributed by atoms with E-state index in [0.717, 1.165) is 5.56 Å². The van der Waals surface area contributed by atoms with Crippen LogP contribution in [0.4, 0.5) is 5.88 Å². The average Bonchev–Trinajstić information content (AvgIpc) is 2.42. The molecule has 0 spiro atoms. The smallest absolute Gasteiger partial charge is 0.303 e. The van der Waals surface area contributed by atoms with E-state index in [-0.39, 0.29) is 6.42 Å². The molecule has 0 aliphatic rings. The predicted molar refractivity (Wildman–Crippen MR) is 46.3 cm³/mol. The van der Waals surface area contributed by atoms with Crippen LogP contribution in [0.15, 0.2) is 4.52 Å². The summed E-state index contributed by atoms with van der Waals surface area (Å²) >= 11 is 0. The minimum Gasteiger partial charge on any atom is -0.481 e. The Morgan fingerprint density at radius 3 is 2.92 bits per heavy atom. The van der Waals surface area contributed by atoms with Gasteiger partial charge in [0.25, 0.3) is 0 Å². The first-order valence-corrected chi connectivity index (χ1v) is 4.09. The Hall–Kier alpha value is -1.52. The Balaban J connectivity index is 2.70. The molecule has 0 saturated carbocycles. The Morgan fingerprint density at radius 2 is 2.38 bits per heavy atom. The molecule has 3 N–H and O–H groups in total. The number of nitrogen functional groups attached to an aromatic ring is 1. The molecule has 13 heavy (non-hydrogen) atoms. The zero-order valence-electron chi connectivity index (χ0n) is 7.41. The minimum absolute atomic E-state index is 0.0545. The first kappa shape index (κ1) is 9.57. The third-order valence-electron chi connectivity index (χ3n) is 1.83. The van der Waals surface area contributed by atoms with Crippen molar-refractivity contribution in [2.75, 3.05) is 5.73 Å². The SMILES string of the molecule is CCc1c(CCC(=O)O)noc1N. The molecule has 0 aliphatic carbocycles. The highest BCUT2D eigenvalue weighted by Gasteiger charge is 2.12. The summed E-state index contributed by atoms with van der Waals surface area (Å²) in [6, 6.07) is 0. The van der Waals surface area contributed by atoms with Crippen molar-refractivity contribution in [2.24, 2.45) is 0 Å². The van der Waals surface area contributed by atoms with Gasteiger partial charge in [-0.3, -0.25) is 4.79 Å². The maximum absolute atomic E-state index is 10.3. The van der Waals surface area contributed by atoms with Gasteiger partial charge in [0.15, 0.2) is 0 Å². The van der Waals surface area contributed by atoms with Gasteiger partial charge in [-0.1, -0.05) is 12.1 Å². The molecule has 0 fully saturated rings. The van der Waals surface area contributed by atoms with Crippen molar-refractivity contribution in [3.63, 3.8) is 0 Å². The standard InChI is InChI=1S/C8H12N2O3/c1-2-5-6(3-4-7(11)12)10-13-8(5)9/h2-4,9H2,1H3,(H,11,12). The summed E-state index contributed by atoms with van der Waals surface area (Å²) in [4.78, 5) is 10.3. The molecule has 5 heteroatoms. The first-order valence-electron chi connectivity index (χ1n) is 4.09. The number of nitrogens with two attached hydrogens (primary N) is 1. The fourth-order valence-corrected chi connectivity index (χ4v) is 1.16. The second-order valence-electron chi connectivity index (χ2n) is 2.72. The summed E-state index contributed by atoms with van der Waals surface area (Å²) in [7, 11) is 0. The van der Waals surface area contributed by atoms with Gasteiger partial charge in [-0.2, -0.15) is 0 Å². The fraction of sp³-hybridized carbons (Fsp3) is 0.500. The van der Waals surface area contributed by atoms with Crippen molar-refractivity contribution in [3.8, 4) is 0 Å². The van der Waals surface area contributed by atoms with Crippen molar-refractivity contribution in [1.29, 1.82) is 0 Å². The van der Waals surface area contributed by atoms with Crippen molar-refractivity contribution in [3.05, 3.63) is 11.3 Å². The number of carbonyl (C=O) groups is 1. The summed E-state index contributed by atoms with van der Waals surface area (Å²) in [5.41, 5.74) is 6.96. The van der Waals surface area contributed by atoms with Gasteiger partial charge in [0.2, 0.25) is 5.88 Å². The van der Waals surface area contributed by atoms with Gasteiger partial charge in [-0.25, -0.2) is 0 Å². The fourth-order valence-electron chi connectivity index (χ4n) is 1.16. The van der Waals surface area contributed by atoms with E-state index < -0.39 is 5.97 Å². The highest BCUT2D eigenvalue weighted by molar-refractivity contribution is 5.67. The Kier molecular flexibility index (Phi) is 2.89. The minimum atomic E-state index is -0.844. The van der Waals surface area contributed by atoms with Crippen LogP contribution in [0.3, 0.4) is 0 Å². The second kappa shape index (κ2) is 3.93. The number of hydrogen-bond acceptors (Lipinski definition) is 4. The summed E-state index contributed by atoms with van der Waals surface area (Å²) in [6.07, 6.45) is 1.14. The quantitative estimate of drug-likeness (QED) is 0.723. The Labute approximate surface area is 75.5 Å². The van der Waals surface area contributed by atoms with E-state index in [1.165, 1.54) is 0 Å². The monoisotopic (exact) mass is 184 g/mol. The van der Waals surface area contributed by atoms with Crippen LogP contribution >= 0.6 is 0 Å². The topological polar surface area (TPSA) is 89.3 Å². The molecule has 0 aromatic carbocycles. The van der Waals surface area contributed by atoms with Crippen LogP contribution in [-0.4, -0.2) is 16.2 Å². The molecule has 0 radical (unpaired) electrons. The number of carboxylic acid groups (broad SMARTS) is 1. The van der Waals surface area contributed by atoms with E-state index >= 15 is 0 Å². The highest BCUT2D eigenvalue weighted by atomic mass is 16.5. The number of nitrogens with zero attached hydrogens (tertiary/aromatic N) is 1. The van der Waals surface area contributed by atoms with E-state index in [1.54, 1.807) is 0 Å². The van der Waals surface area contributed by atoms with Gasteiger partial charge < -0.3 is 15.4 Å². The maximum Gasteiger partial charge on any atom is 0.303 e. The van der Waals surface area contributed by atoms with E-state index in [9.17, 15) is 4.79 Å². The molecule has 0 saturated heterocycles. The van der Waals surface area contributed by atoms with E-state index in [2.05, 4.69) is 5.16 Å². The molecule has 0 bridgehead atoms. The van der Waals surface area contributed by atoms with Crippen molar-refractivity contribution in [1.82, 2.24) is 5.16 Å². The van der Waals surface area contributed by atoms with Gasteiger partial charge in [0.1, 0.15) is 0 Å². The van der Waals surface area contributed by atoms with Crippen LogP contribution in [0, 0.1) is 0 Å². The van der Waals surface area contributed by atoms with Crippen molar-refractivity contribution < 1.29 is 14.4 Å². The lowest BCUT2D eigenvalue weighted by atomic mass is 10.1. The number of aliphatic carboxylic acids is 1. The summed E-state index contributed by atoms with van der Waals surface area (Å²) < 4.78 is 4.75. The molecule has 0 atom stereocenters. The number of aryl methyl sites for hydroxylation is 1. The van der Waals surface area contributed by atoms with Crippen molar-refractivity contribution >= 4 is 11.9 Å². The van der Waals surface area contributed by atoms with Gasteiger partial charge >= 0.3 is 5.97 Å². The van der Waals surface area contributed by atoms with Crippen LogP contribution in [-0.2, 0) is 17.6 Å². The molecule has 0 aliphatic heterocycles. The van der Waals surface area contributed by atoms with Crippen LogP contribution in [0.5, 0.6) is 0 Å². The van der Waals surface area contributed by atoms with E-state index in [4.69, 9.17) is 15.4 Å². The zero-order valence-corrected chi connectivity index (χ0v) is 7.41. The molecule has 0 amide bonds. The van der Waals surface area contributed by atoms with Gasteiger partial charge in [0, 0.05) is 12.0 Å². The zero-order chi connectivity index (χ0) is 9.84. The maximum atomic E-state index is 10.3. The van der Waals surface area contributed by atoms with Gasteiger partial charge in [-0.15, -0.1) is 0 Å². The van der Waals surface area contributed by atoms with Gasteiger partial charge in [0.05, 0.1) is 12.1 Å². The number of rotatable bonds is 4. The average molecular weight is 184 g/mol. The largest absolute Gasteiger partial charge is 0.481 e. The van der Waals surface area contributed by atoms with Crippen LogP contribution in [0.25, 0.3) is 0 Å². The number of carboxylic acids is 1. The summed E-state index contributed by atoms with van der Waals surface area (Å²) in [5.74, 6) is -0.550. The molecule has 1 rings (SSSR count). The molecule has 1 heterocycles. The molecule has 0 unspecified atom stereocenters. The second-order valence-corrected chi connectivity index (χ2v) is 2.72. The summed E-state index contributed by atoms with van der Waals surface area (Å²) in [6.45, 7) is 1.92. The van der Waals surface area contributed by atoms with Crippen molar-refractivity contribution in [2.45, 2.75) is 26.2 Å². The Bertz CT molecular complexity index is 306. The third-order valence-corrected chi connectivity index (χ3v) is 1.83. The lowest BCUT2D eigenvalue weighted by Crippen LogP contribution is -2.00. The normalized spacial score (nSPS) is 10.2. The lowest BCUT2D eigenvalue weighted by Gasteiger charge is -1.95. The molecule has 1 aromatic heterocycles. The van der Waals surface area contributed by atoms with E-state index in [1.807, 2.05) is 6.92 Å². The number of hydrogen-bond donors (Lipinski definition) is 2. The number of aromatic nitrogens is 1. The Morgan fingerprint density at radius 1 is 1.69 bits per heavy atom. The first-order chi connectivity index (χ1) is 6.15. The third kappa shape index (κ3) is 2.21. The molecular formula is C8H12N2O3. The predicted octanol–water partition coefficient (Wildman–Crippen LogP) is 0.836. The molecule has 72 valence electrons. The number of anilines is 1. The van der Waals surface area contributed by atoms with Crippen LogP contribution < -0.4 is 5.73 Å².